The number of halogens is 5. The highest BCUT2D eigenvalue weighted by molar-refractivity contribution is 6.45. The van der Waals surface area contributed by atoms with Crippen LogP contribution in [0.4, 0.5) is 8.78 Å². The number of hydrogen-bond acceptors (Lipinski definition) is 13. The van der Waals surface area contributed by atoms with Gasteiger partial charge in [0.15, 0.2) is 12.3 Å². The number of ether oxygens (including phenoxy) is 3. The highest BCUT2D eigenvalue weighted by Crippen LogP contribution is 2.34. The Bertz CT molecular complexity index is 2700. The fourth-order valence-electron chi connectivity index (χ4n) is 5.17. The molecule has 7 aromatic rings. The zero-order valence-corrected chi connectivity index (χ0v) is 31.4. The number of benzene rings is 4. The molecule has 1 aliphatic rings. The predicted octanol–water partition coefficient (Wildman–Crippen LogP) is 7.98. The normalized spacial score (nSPS) is 12.5. The fourth-order valence-corrected chi connectivity index (χ4v) is 5.84. The molecule has 4 aromatic carbocycles. The molecule has 15 nitrogen and oxygen atoms in total. The average Bonchev–Trinajstić information content (AvgIpc) is 3.76. The van der Waals surface area contributed by atoms with Gasteiger partial charge in [-0.3, -0.25) is 4.79 Å². The summed E-state index contributed by atoms with van der Waals surface area (Å²) in [5.74, 6) is -1.45. The van der Waals surface area contributed by atoms with Gasteiger partial charge in [-0.05, 0) is 65.8 Å². The van der Waals surface area contributed by atoms with Crippen LogP contribution in [0.15, 0.2) is 119 Å². The van der Waals surface area contributed by atoms with Gasteiger partial charge >= 0.3 is 0 Å². The van der Waals surface area contributed by atoms with E-state index >= 15 is 4.39 Å². The van der Waals surface area contributed by atoms with Crippen LogP contribution in [-0.2, 0) is 14.4 Å². The fraction of sp³-hybridized carbons (Fsp3) is 0.0811. The molecule has 3 aromatic heterocycles. The first kappa shape index (κ1) is 38.6. The van der Waals surface area contributed by atoms with Crippen molar-refractivity contribution in [3.05, 3.63) is 147 Å². The second kappa shape index (κ2) is 17.4. The molecule has 0 fully saturated rings. The van der Waals surface area contributed by atoms with Crippen LogP contribution in [0.1, 0.15) is 5.56 Å². The zero-order valence-electron chi connectivity index (χ0n) is 29.1. The van der Waals surface area contributed by atoms with Gasteiger partial charge in [-0.15, -0.1) is 0 Å². The van der Waals surface area contributed by atoms with Gasteiger partial charge in [-0.25, -0.2) is 18.9 Å². The van der Waals surface area contributed by atoms with Gasteiger partial charge in [0.1, 0.15) is 50.0 Å². The smallest absolute Gasteiger partial charge is 0.280 e. The molecule has 0 aliphatic carbocycles. The van der Waals surface area contributed by atoms with Crippen LogP contribution in [0.2, 0.25) is 15.1 Å². The molecule has 0 radical (unpaired) electrons. The second-order valence-corrected chi connectivity index (χ2v) is 12.5. The molecule has 0 bridgehead atoms. The Labute approximate surface area is 335 Å². The first-order valence-electron chi connectivity index (χ1n) is 16.4. The summed E-state index contributed by atoms with van der Waals surface area (Å²) in [7, 11) is 1.37. The van der Waals surface area contributed by atoms with Crippen molar-refractivity contribution in [3.63, 3.8) is 0 Å². The SMILES string of the molecule is CO/N=C(/C1=NOCCO1)c1ccccc1Oc1ncnc(Oc2ccccc2Cl)c1F.O=c1c2cc(F)ccc2nc(-n2cncn2)n1-c1ccc(Cl)cc1Cl. The van der Waals surface area contributed by atoms with Crippen molar-refractivity contribution in [2.24, 2.45) is 10.3 Å². The third kappa shape index (κ3) is 8.60. The minimum atomic E-state index is -0.915. The van der Waals surface area contributed by atoms with Gasteiger partial charge in [0.25, 0.3) is 23.2 Å². The highest BCUT2D eigenvalue weighted by atomic mass is 35.5. The van der Waals surface area contributed by atoms with Gasteiger partial charge in [0.05, 0.1) is 32.2 Å². The van der Waals surface area contributed by atoms with E-state index in [0.717, 1.165) is 12.4 Å². The van der Waals surface area contributed by atoms with Gasteiger partial charge in [0.2, 0.25) is 11.8 Å². The molecule has 1 aliphatic heterocycles. The van der Waals surface area contributed by atoms with Crippen LogP contribution >= 0.6 is 34.8 Å². The molecule has 0 N–H and O–H groups in total. The van der Waals surface area contributed by atoms with Gasteiger partial charge in [-0.1, -0.05) is 64.2 Å². The van der Waals surface area contributed by atoms with Crippen molar-refractivity contribution < 1.29 is 32.7 Å². The maximum Gasteiger partial charge on any atom is 0.280 e. The summed E-state index contributed by atoms with van der Waals surface area (Å²) in [6.07, 6.45) is 3.83. The first-order chi connectivity index (χ1) is 27.7. The Morgan fingerprint density at radius 2 is 1.61 bits per heavy atom. The molecule has 4 heterocycles. The molecular weight excluding hydrogens is 811 g/mol. The van der Waals surface area contributed by atoms with Crippen molar-refractivity contribution in [2.45, 2.75) is 0 Å². The predicted molar refractivity (Wildman–Crippen MR) is 205 cm³/mol. The molecule has 8 rings (SSSR count). The van der Waals surface area contributed by atoms with E-state index in [1.54, 1.807) is 60.7 Å². The maximum atomic E-state index is 15.1. The Morgan fingerprint density at radius 1 is 0.860 bits per heavy atom. The lowest BCUT2D eigenvalue weighted by Gasteiger charge is -2.17. The van der Waals surface area contributed by atoms with E-state index in [0.29, 0.717) is 33.4 Å². The van der Waals surface area contributed by atoms with E-state index in [1.165, 1.54) is 47.2 Å². The number of aromatic nitrogens is 7. The third-order valence-corrected chi connectivity index (χ3v) is 8.50. The van der Waals surface area contributed by atoms with Gasteiger partial charge < -0.3 is 23.9 Å². The van der Waals surface area contributed by atoms with Crippen molar-refractivity contribution >= 4 is 57.3 Å². The Balaban J connectivity index is 0.000000179. The highest BCUT2D eigenvalue weighted by Gasteiger charge is 2.24. The maximum absolute atomic E-state index is 15.1. The molecule has 288 valence electrons. The number of para-hydroxylation sites is 2. The summed E-state index contributed by atoms with van der Waals surface area (Å²) in [5.41, 5.74) is 0.799. The number of fused-ring (bicyclic) bond motifs is 1. The van der Waals surface area contributed by atoms with Gasteiger partial charge in [-0.2, -0.15) is 24.1 Å². The van der Waals surface area contributed by atoms with E-state index in [-0.39, 0.29) is 57.8 Å². The molecule has 0 saturated heterocycles. The quantitative estimate of drug-likeness (QED) is 0.102. The number of nitrogens with zero attached hydrogens (tertiary/aromatic N) is 9. The van der Waals surface area contributed by atoms with Crippen LogP contribution in [-0.4, -0.2) is 66.2 Å². The molecule has 0 saturated carbocycles. The minimum absolute atomic E-state index is 0.0973. The lowest BCUT2D eigenvalue weighted by atomic mass is 10.1. The lowest BCUT2D eigenvalue weighted by Crippen LogP contribution is -2.25. The number of hydrogen-bond donors (Lipinski definition) is 0. The Morgan fingerprint density at radius 3 is 2.32 bits per heavy atom. The van der Waals surface area contributed by atoms with Crippen LogP contribution in [0.5, 0.6) is 23.3 Å². The van der Waals surface area contributed by atoms with E-state index < -0.39 is 17.2 Å². The average molecular weight is 835 g/mol. The molecule has 57 heavy (non-hydrogen) atoms. The molecule has 20 heteroatoms. The van der Waals surface area contributed by atoms with Crippen molar-refractivity contribution in [3.8, 4) is 34.9 Å². The third-order valence-electron chi connectivity index (χ3n) is 7.65. The largest absolute Gasteiger partial charge is 0.470 e. The van der Waals surface area contributed by atoms with E-state index in [9.17, 15) is 9.18 Å². The lowest BCUT2D eigenvalue weighted by molar-refractivity contribution is 0.0672. The minimum Gasteiger partial charge on any atom is -0.470 e. The molecule has 0 spiro atoms. The molecule has 0 atom stereocenters. The Kier molecular flexibility index (Phi) is 11.8. The molecular formula is C37H24Cl3F2N9O6. The zero-order chi connectivity index (χ0) is 39.9. The van der Waals surface area contributed by atoms with Crippen LogP contribution in [0.25, 0.3) is 22.5 Å². The molecule has 0 amide bonds. The van der Waals surface area contributed by atoms with Crippen molar-refractivity contribution in [1.82, 2.24) is 34.3 Å². The summed E-state index contributed by atoms with van der Waals surface area (Å²) in [5, 5.41) is 12.9. The number of rotatable bonds is 9. The van der Waals surface area contributed by atoms with Crippen molar-refractivity contribution in [2.75, 3.05) is 20.3 Å². The van der Waals surface area contributed by atoms with E-state index in [2.05, 4.69) is 35.3 Å². The Hall–Kier alpha value is -6.69. The standard InChI is InChI=1S/C21H16ClFN4O5.C16H8Cl2FN5O/c1-28-26-18(21-27-30-11-10-29-21)13-6-2-4-8-15(13)31-19-17(23)20(25-12-24-19)32-16-9-5-3-7-14(16)22;17-9-1-4-14(12(18)5-9)24-15(25)11-6-10(19)2-3-13(11)22-16(24)23-8-20-7-21-23/h2-9,12H,10-11H2,1H3;1-8H/b26-18+;. The van der Waals surface area contributed by atoms with Crippen LogP contribution in [0.3, 0.4) is 0 Å². The first-order valence-corrected chi connectivity index (χ1v) is 17.5. The van der Waals surface area contributed by atoms with E-state index in [1.807, 2.05) is 0 Å². The monoisotopic (exact) mass is 833 g/mol. The summed E-state index contributed by atoms with van der Waals surface area (Å²) < 4.78 is 48.0. The second-order valence-electron chi connectivity index (χ2n) is 11.3. The molecule has 0 unspecified atom stereocenters. The van der Waals surface area contributed by atoms with Crippen LogP contribution in [0, 0.1) is 11.6 Å². The summed E-state index contributed by atoms with van der Waals surface area (Å²) in [4.78, 5) is 39.0. The van der Waals surface area contributed by atoms with Crippen molar-refractivity contribution in [1.29, 1.82) is 0 Å². The van der Waals surface area contributed by atoms with Crippen LogP contribution < -0.4 is 15.0 Å². The topological polar surface area (TPSA) is 162 Å². The number of oxime groups is 2. The summed E-state index contributed by atoms with van der Waals surface area (Å²) in [6, 6.07) is 21.8. The summed E-state index contributed by atoms with van der Waals surface area (Å²) in [6.45, 7) is 0.593. The summed E-state index contributed by atoms with van der Waals surface area (Å²) >= 11 is 18.3. The van der Waals surface area contributed by atoms with Gasteiger partial charge in [0, 0.05) is 5.02 Å². The van der Waals surface area contributed by atoms with E-state index in [4.69, 9.17) is 58.7 Å².